The number of aromatic nitrogens is 1. The van der Waals surface area contributed by atoms with Gasteiger partial charge in [-0.1, -0.05) is 6.92 Å². The third-order valence-electron chi connectivity index (χ3n) is 3.09. The van der Waals surface area contributed by atoms with Gasteiger partial charge >= 0.3 is 5.97 Å². The Bertz CT molecular complexity index is 552. The molecule has 114 valence electrons. The highest BCUT2D eigenvalue weighted by molar-refractivity contribution is 7.89. The predicted molar refractivity (Wildman–Crippen MR) is 73.3 cm³/mol. The zero-order valence-corrected chi connectivity index (χ0v) is 12.6. The maximum Gasteiger partial charge on any atom is 0.352 e. The molecule has 0 amide bonds. The van der Waals surface area contributed by atoms with Gasteiger partial charge in [0, 0.05) is 25.9 Å². The minimum atomic E-state index is -3.74. The van der Waals surface area contributed by atoms with E-state index in [-0.39, 0.29) is 29.8 Å². The van der Waals surface area contributed by atoms with E-state index in [0.29, 0.717) is 6.42 Å². The number of nitrogens with zero attached hydrogens (tertiary/aromatic N) is 1. The zero-order chi connectivity index (χ0) is 15.3. The first-order chi connectivity index (χ1) is 9.34. The number of hydrogen-bond acceptors (Lipinski definition) is 4. The molecule has 1 atom stereocenters. The largest absolute Gasteiger partial charge is 0.477 e. The van der Waals surface area contributed by atoms with E-state index < -0.39 is 16.0 Å². The summed E-state index contributed by atoms with van der Waals surface area (Å²) < 4.78 is 31.3. The first-order valence-corrected chi connectivity index (χ1v) is 7.71. The number of carboxylic acids is 1. The summed E-state index contributed by atoms with van der Waals surface area (Å²) in [5.74, 6) is -1.20. The van der Waals surface area contributed by atoms with Gasteiger partial charge in [-0.05, 0) is 19.4 Å². The summed E-state index contributed by atoms with van der Waals surface area (Å²) in [4.78, 5) is 13.2. The van der Waals surface area contributed by atoms with Gasteiger partial charge in [0.1, 0.15) is 10.6 Å². The molecule has 0 saturated carbocycles. The van der Waals surface area contributed by atoms with Crippen LogP contribution in [0.2, 0.25) is 0 Å². The van der Waals surface area contributed by atoms with Crippen molar-refractivity contribution in [1.29, 1.82) is 0 Å². The molecule has 1 aromatic rings. The highest BCUT2D eigenvalue weighted by Gasteiger charge is 2.29. The molecule has 2 N–H and O–H groups in total. The van der Waals surface area contributed by atoms with E-state index in [4.69, 9.17) is 9.84 Å². The second-order valence-corrected chi connectivity index (χ2v) is 6.31. The number of aromatic carboxylic acids is 1. The number of carbonyl (C=O) groups is 1. The molecule has 0 aliphatic heterocycles. The maximum absolute atomic E-state index is 12.5. The van der Waals surface area contributed by atoms with Gasteiger partial charge in [-0.25, -0.2) is 13.2 Å². The van der Waals surface area contributed by atoms with Crippen LogP contribution < -0.4 is 0 Å². The number of sulfonamides is 1. The van der Waals surface area contributed by atoms with E-state index in [0.717, 1.165) is 6.07 Å². The Labute approximate surface area is 118 Å². The molecule has 0 fully saturated rings. The molecule has 0 bridgehead atoms. The van der Waals surface area contributed by atoms with Crippen molar-refractivity contribution in [3.63, 3.8) is 0 Å². The molecule has 0 spiro atoms. The molecule has 0 aliphatic carbocycles. The monoisotopic (exact) mass is 304 g/mol. The molecule has 0 aromatic carbocycles. The van der Waals surface area contributed by atoms with Crippen molar-refractivity contribution in [2.45, 2.75) is 31.2 Å². The van der Waals surface area contributed by atoms with E-state index >= 15 is 0 Å². The fourth-order valence-electron chi connectivity index (χ4n) is 1.74. The number of carboxylic acid groups (broad SMARTS) is 1. The summed E-state index contributed by atoms with van der Waals surface area (Å²) in [7, 11) is -2.24. The third-order valence-corrected chi connectivity index (χ3v) is 5.08. The maximum atomic E-state index is 12.5. The van der Waals surface area contributed by atoms with Crippen LogP contribution in [0.15, 0.2) is 17.2 Å². The van der Waals surface area contributed by atoms with Gasteiger partial charge in [0.15, 0.2) is 0 Å². The minimum absolute atomic E-state index is 0.0497. The number of rotatable bonds is 8. The summed E-state index contributed by atoms with van der Waals surface area (Å²) in [6, 6.07) is 0.929. The van der Waals surface area contributed by atoms with Crippen molar-refractivity contribution in [2.24, 2.45) is 0 Å². The van der Waals surface area contributed by atoms with Crippen molar-refractivity contribution in [3.8, 4) is 0 Å². The summed E-state index contributed by atoms with van der Waals surface area (Å²) >= 11 is 0. The van der Waals surface area contributed by atoms with E-state index in [1.807, 2.05) is 6.92 Å². The van der Waals surface area contributed by atoms with Crippen LogP contribution in [0.4, 0.5) is 0 Å². The average molecular weight is 304 g/mol. The molecule has 0 saturated heterocycles. The lowest BCUT2D eigenvalue weighted by Gasteiger charge is -2.26. The van der Waals surface area contributed by atoms with Gasteiger partial charge in [-0.3, -0.25) is 0 Å². The third kappa shape index (κ3) is 3.59. The standard InChI is InChI=1S/C12H20N2O5S/c1-4-9(2)14(5-6-19-3)20(17,18)10-7-11(12(15)16)13-8-10/h7-9,13H,4-6H2,1-3H3,(H,15,16). The fourth-order valence-corrected chi connectivity index (χ4v) is 3.43. The number of ether oxygens (including phenoxy) is 1. The Hall–Kier alpha value is -1.38. The molecule has 1 unspecified atom stereocenters. The Morgan fingerprint density at radius 3 is 2.65 bits per heavy atom. The highest BCUT2D eigenvalue weighted by atomic mass is 32.2. The number of H-pyrrole nitrogens is 1. The smallest absolute Gasteiger partial charge is 0.352 e. The van der Waals surface area contributed by atoms with Gasteiger partial charge in [-0.2, -0.15) is 4.31 Å². The van der Waals surface area contributed by atoms with E-state index in [1.165, 1.54) is 17.6 Å². The molecule has 1 rings (SSSR count). The molecule has 0 radical (unpaired) electrons. The highest BCUT2D eigenvalue weighted by Crippen LogP contribution is 2.20. The lowest BCUT2D eigenvalue weighted by Crippen LogP contribution is -2.40. The molecule has 20 heavy (non-hydrogen) atoms. The Kier molecular flexibility index (Phi) is 5.73. The number of methoxy groups -OCH3 is 1. The Balaban J connectivity index is 3.10. The van der Waals surface area contributed by atoms with Gasteiger partial charge in [-0.15, -0.1) is 0 Å². The summed E-state index contributed by atoms with van der Waals surface area (Å²) in [6.07, 6.45) is 1.85. The van der Waals surface area contributed by atoms with Crippen LogP contribution >= 0.6 is 0 Å². The van der Waals surface area contributed by atoms with E-state index in [1.54, 1.807) is 6.92 Å². The van der Waals surface area contributed by atoms with Crippen molar-refractivity contribution in [2.75, 3.05) is 20.3 Å². The predicted octanol–water partition coefficient (Wildman–Crippen LogP) is 1.15. The van der Waals surface area contributed by atoms with Crippen molar-refractivity contribution in [3.05, 3.63) is 18.0 Å². The second kappa shape index (κ2) is 6.87. The minimum Gasteiger partial charge on any atom is -0.477 e. The van der Waals surface area contributed by atoms with Gasteiger partial charge in [0.2, 0.25) is 10.0 Å². The summed E-state index contributed by atoms with van der Waals surface area (Å²) in [6.45, 7) is 4.19. The lowest BCUT2D eigenvalue weighted by molar-refractivity contribution is 0.0691. The van der Waals surface area contributed by atoms with Crippen LogP contribution in [-0.4, -0.2) is 55.1 Å². The van der Waals surface area contributed by atoms with Crippen LogP contribution in [0.25, 0.3) is 0 Å². The SMILES string of the molecule is CCC(C)N(CCOC)S(=O)(=O)c1c[nH]c(C(=O)O)c1. The molecule has 8 heteroatoms. The fraction of sp³-hybridized carbons (Fsp3) is 0.583. The van der Waals surface area contributed by atoms with E-state index in [9.17, 15) is 13.2 Å². The van der Waals surface area contributed by atoms with E-state index in [2.05, 4.69) is 4.98 Å². The quantitative estimate of drug-likeness (QED) is 0.750. The second-order valence-electron chi connectivity index (χ2n) is 4.42. The van der Waals surface area contributed by atoms with Gasteiger partial charge in [0.05, 0.1) is 6.61 Å². The van der Waals surface area contributed by atoms with Crippen LogP contribution in [0.1, 0.15) is 30.8 Å². The Morgan fingerprint density at radius 2 is 2.20 bits per heavy atom. The average Bonchev–Trinajstić information content (AvgIpc) is 2.89. The lowest BCUT2D eigenvalue weighted by atomic mass is 10.3. The van der Waals surface area contributed by atoms with Gasteiger partial charge in [0.25, 0.3) is 0 Å². The summed E-state index contributed by atoms with van der Waals surface area (Å²) in [5.41, 5.74) is -0.153. The van der Waals surface area contributed by atoms with Crippen LogP contribution in [0, 0.1) is 0 Å². The van der Waals surface area contributed by atoms with Crippen LogP contribution in [-0.2, 0) is 14.8 Å². The number of hydrogen-bond donors (Lipinski definition) is 2. The molecular weight excluding hydrogens is 284 g/mol. The Morgan fingerprint density at radius 1 is 1.55 bits per heavy atom. The van der Waals surface area contributed by atoms with Crippen molar-refractivity contribution >= 4 is 16.0 Å². The van der Waals surface area contributed by atoms with Crippen LogP contribution in [0.5, 0.6) is 0 Å². The number of aromatic amines is 1. The topological polar surface area (TPSA) is 99.7 Å². The van der Waals surface area contributed by atoms with Gasteiger partial charge < -0.3 is 14.8 Å². The molecular formula is C12H20N2O5S. The number of nitrogens with one attached hydrogen (secondary N) is 1. The first kappa shape index (κ1) is 16.7. The molecule has 0 aliphatic rings. The summed E-state index contributed by atoms with van der Waals surface area (Å²) in [5, 5.41) is 8.84. The molecule has 7 nitrogen and oxygen atoms in total. The molecule has 1 aromatic heterocycles. The van der Waals surface area contributed by atoms with Crippen molar-refractivity contribution in [1.82, 2.24) is 9.29 Å². The van der Waals surface area contributed by atoms with Crippen molar-refractivity contribution < 1.29 is 23.1 Å². The zero-order valence-electron chi connectivity index (χ0n) is 11.8. The molecule has 1 heterocycles. The normalized spacial score (nSPS) is 13.6. The first-order valence-electron chi connectivity index (χ1n) is 6.27. The van der Waals surface area contributed by atoms with Crippen LogP contribution in [0.3, 0.4) is 0 Å².